The molecule has 4 nitrogen and oxygen atoms in total. The number of hydrogen-bond acceptors (Lipinski definition) is 4. The van der Waals surface area contributed by atoms with Gasteiger partial charge in [0.25, 0.3) is 0 Å². The monoisotopic (exact) mass is 451 g/mol. The van der Waals surface area contributed by atoms with E-state index in [2.05, 4.69) is 12.1 Å². The van der Waals surface area contributed by atoms with Crippen LogP contribution < -0.4 is 10.2 Å². The first-order valence-electron chi connectivity index (χ1n) is 10.6. The van der Waals surface area contributed by atoms with Gasteiger partial charge in [0.15, 0.2) is 0 Å². The van der Waals surface area contributed by atoms with Crippen LogP contribution >= 0.6 is 11.6 Å². The first kappa shape index (κ1) is 19.8. The highest BCUT2D eigenvalue weighted by atomic mass is 35.5. The topological polar surface area (TPSA) is 52.3 Å². The maximum Gasteiger partial charge on any atom is 0.200 e. The van der Waals surface area contributed by atoms with Gasteiger partial charge in [0.2, 0.25) is 5.43 Å². The third-order valence-electron chi connectivity index (χ3n) is 6.01. The number of aryl methyl sites for hydroxylation is 1. The Morgan fingerprint density at radius 2 is 1.73 bits per heavy atom. The SMILES string of the molecule is Cc1ccc(-c2cc(-c3coc4ccccc4c3=O)c3c(n2)-c2cc(Cl)ccc2OC3)cc1. The lowest BCUT2D eigenvalue weighted by molar-refractivity contribution is 0.302. The molecule has 0 aliphatic carbocycles. The summed E-state index contributed by atoms with van der Waals surface area (Å²) < 4.78 is 11.9. The lowest BCUT2D eigenvalue weighted by Crippen LogP contribution is -2.13. The zero-order valence-electron chi connectivity index (χ0n) is 17.8. The normalized spacial score (nSPS) is 12.2. The molecule has 0 radical (unpaired) electrons. The van der Waals surface area contributed by atoms with Crippen LogP contribution in [0.4, 0.5) is 0 Å². The van der Waals surface area contributed by atoms with Crippen molar-refractivity contribution in [2.75, 3.05) is 0 Å². The van der Waals surface area contributed by atoms with Crippen LogP contribution in [0.2, 0.25) is 5.02 Å². The molecule has 0 atom stereocenters. The van der Waals surface area contributed by atoms with Crippen molar-refractivity contribution >= 4 is 22.6 Å². The zero-order chi connectivity index (χ0) is 22.5. The Morgan fingerprint density at radius 3 is 2.58 bits per heavy atom. The van der Waals surface area contributed by atoms with Crippen LogP contribution in [-0.4, -0.2) is 4.98 Å². The highest BCUT2D eigenvalue weighted by molar-refractivity contribution is 6.31. The summed E-state index contributed by atoms with van der Waals surface area (Å²) in [5.41, 5.74) is 7.01. The number of nitrogens with zero attached hydrogens (tertiary/aromatic N) is 1. The van der Waals surface area contributed by atoms with Gasteiger partial charge in [-0.3, -0.25) is 4.79 Å². The van der Waals surface area contributed by atoms with Crippen LogP contribution in [0.25, 0.3) is 44.6 Å². The molecule has 1 aliphatic rings. The highest BCUT2D eigenvalue weighted by Crippen LogP contribution is 2.42. The van der Waals surface area contributed by atoms with Gasteiger partial charge in [0.1, 0.15) is 24.2 Å². The molecule has 0 saturated carbocycles. The molecule has 0 unspecified atom stereocenters. The van der Waals surface area contributed by atoms with Crippen molar-refractivity contribution in [1.82, 2.24) is 4.98 Å². The predicted octanol–water partition coefficient (Wildman–Crippen LogP) is 7.04. The highest BCUT2D eigenvalue weighted by Gasteiger charge is 2.25. The number of aromatic nitrogens is 1. The lowest BCUT2D eigenvalue weighted by atomic mass is 9.92. The standard InChI is InChI=1S/C28H18ClNO3/c1-16-6-8-17(9-7-16)24-13-20(23-15-33-25-5-3-2-4-19(25)28(23)31)22-14-32-26-11-10-18(29)12-21(26)27(22)30-24/h2-13,15H,14H2,1H3. The molecule has 0 bridgehead atoms. The molecule has 2 aromatic heterocycles. The average Bonchev–Trinajstić information content (AvgIpc) is 2.84. The number of ether oxygens (including phenoxy) is 1. The Morgan fingerprint density at radius 1 is 0.909 bits per heavy atom. The van der Waals surface area contributed by atoms with Crippen molar-refractivity contribution in [1.29, 1.82) is 0 Å². The summed E-state index contributed by atoms with van der Waals surface area (Å²) in [6, 6.07) is 22.9. The van der Waals surface area contributed by atoms with Crippen LogP contribution in [0.15, 0.2) is 88.3 Å². The zero-order valence-corrected chi connectivity index (χ0v) is 18.5. The number of hydrogen-bond donors (Lipinski definition) is 0. The van der Waals surface area contributed by atoms with E-state index in [1.54, 1.807) is 18.2 Å². The Labute approximate surface area is 195 Å². The Bertz CT molecular complexity index is 1600. The van der Waals surface area contributed by atoms with Gasteiger partial charge in [-0.05, 0) is 48.9 Å². The van der Waals surface area contributed by atoms with Gasteiger partial charge >= 0.3 is 0 Å². The molecule has 0 saturated heterocycles. The fourth-order valence-corrected chi connectivity index (χ4v) is 4.45. The fraction of sp³-hybridized carbons (Fsp3) is 0.0714. The average molecular weight is 452 g/mol. The molecule has 5 aromatic rings. The summed E-state index contributed by atoms with van der Waals surface area (Å²) in [6.45, 7) is 2.35. The van der Waals surface area contributed by atoms with Gasteiger partial charge in [0.05, 0.1) is 22.3 Å². The van der Waals surface area contributed by atoms with Gasteiger partial charge in [-0.25, -0.2) is 4.98 Å². The fourth-order valence-electron chi connectivity index (χ4n) is 4.28. The van der Waals surface area contributed by atoms with E-state index >= 15 is 0 Å². The van der Waals surface area contributed by atoms with Gasteiger partial charge in [-0.1, -0.05) is 53.6 Å². The van der Waals surface area contributed by atoms with E-state index in [4.69, 9.17) is 25.7 Å². The third-order valence-corrected chi connectivity index (χ3v) is 6.25. The minimum Gasteiger partial charge on any atom is -0.488 e. The quantitative estimate of drug-likeness (QED) is 0.288. The number of rotatable bonds is 2. The smallest absolute Gasteiger partial charge is 0.200 e. The molecule has 5 heteroatoms. The van der Waals surface area contributed by atoms with Gasteiger partial charge in [0, 0.05) is 21.7 Å². The van der Waals surface area contributed by atoms with E-state index in [1.165, 1.54) is 6.26 Å². The Kier molecular flexibility index (Phi) is 4.56. The van der Waals surface area contributed by atoms with E-state index in [0.717, 1.165) is 45.0 Å². The molecule has 3 heterocycles. The van der Waals surface area contributed by atoms with Crippen LogP contribution in [0.3, 0.4) is 0 Å². The molecule has 0 spiro atoms. The van der Waals surface area contributed by atoms with Gasteiger partial charge < -0.3 is 9.15 Å². The molecule has 160 valence electrons. The number of halogens is 1. The van der Waals surface area contributed by atoms with Crippen molar-refractivity contribution in [3.63, 3.8) is 0 Å². The van der Waals surface area contributed by atoms with Gasteiger partial charge in [-0.15, -0.1) is 0 Å². The molecule has 33 heavy (non-hydrogen) atoms. The molecule has 1 aliphatic heterocycles. The lowest BCUT2D eigenvalue weighted by Gasteiger charge is -2.23. The maximum atomic E-state index is 13.5. The Balaban J connectivity index is 1.67. The summed E-state index contributed by atoms with van der Waals surface area (Å²) in [6.07, 6.45) is 1.53. The van der Waals surface area contributed by atoms with Crippen LogP contribution in [0.5, 0.6) is 5.75 Å². The van der Waals surface area contributed by atoms with Crippen molar-refractivity contribution in [2.45, 2.75) is 13.5 Å². The summed E-state index contributed by atoms with van der Waals surface area (Å²) in [5.74, 6) is 0.719. The maximum absolute atomic E-state index is 13.5. The summed E-state index contributed by atoms with van der Waals surface area (Å²) in [5, 5.41) is 1.14. The minimum atomic E-state index is -0.0861. The number of fused-ring (bicyclic) bond motifs is 4. The largest absolute Gasteiger partial charge is 0.488 e. The second-order valence-corrected chi connectivity index (χ2v) is 8.59. The minimum absolute atomic E-state index is 0.0861. The molecule has 0 fully saturated rings. The first-order chi connectivity index (χ1) is 16.1. The van der Waals surface area contributed by atoms with Crippen LogP contribution in [0, 0.1) is 6.92 Å². The first-order valence-corrected chi connectivity index (χ1v) is 11.0. The number of benzene rings is 3. The predicted molar refractivity (Wildman–Crippen MR) is 131 cm³/mol. The molecule has 0 N–H and O–H groups in total. The van der Waals surface area contributed by atoms with E-state index in [0.29, 0.717) is 28.2 Å². The summed E-state index contributed by atoms with van der Waals surface area (Å²) in [7, 11) is 0. The second-order valence-electron chi connectivity index (χ2n) is 8.15. The summed E-state index contributed by atoms with van der Waals surface area (Å²) >= 11 is 6.32. The van der Waals surface area contributed by atoms with E-state index < -0.39 is 0 Å². The van der Waals surface area contributed by atoms with Crippen molar-refractivity contribution < 1.29 is 9.15 Å². The number of para-hydroxylation sites is 1. The van der Waals surface area contributed by atoms with E-state index in [9.17, 15) is 4.79 Å². The van der Waals surface area contributed by atoms with Gasteiger partial charge in [-0.2, -0.15) is 0 Å². The second kappa shape index (κ2) is 7.61. The van der Waals surface area contributed by atoms with Crippen molar-refractivity contribution in [3.8, 4) is 39.4 Å². The van der Waals surface area contributed by atoms with E-state index in [-0.39, 0.29) is 5.43 Å². The molecule has 0 amide bonds. The molecule has 3 aromatic carbocycles. The van der Waals surface area contributed by atoms with E-state index in [1.807, 2.05) is 49.4 Å². The molecular weight excluding hydrogens is 434 g/mol. The van der Waals surface area contributed by atoms with Crippen molar-refractivity contribution in [2.24, 2.45) is 0 Å². The van der Waals surface area contributed by atoms with Crippen LogP contribution in [-0.2, 0) is 6.61 Å². The molecule has 6 rings (SSSR count). The number of pyridine rings is 1. The summed E-state index contributed by atoms with van der Waals surface area (Å²) in [4.78, 5) is 18.5. The van der Waals surface area contributed by atoms with Crippen molar-refractivity contribution in [3.05, 3.63) is 105 Å². The van der Waals surface area contributed by atoms with Crippen LogP contribution in [0.1, 0.15) is 11.1 Å². The Hall–Kier alpha value is -3.89. The molecular formula is C28H18ClNO3. The third kappa shape index (κ3) is 3.31.